The second-order valence-electron chi connectivity index (χ2n) is 11.9. The van der Waals surface area contributed by atoms with E-state index in [0.29, 0.717) is 5.84 Å². The van der Waals surface area contributed by atoms with Crippen molar-refractivity contribution in [3.05, 3.63) is 180 Å². The normalized spacial score (nSPS) is 14.6. The Kier molecular flexibility index (Phi) is 6.50. The monoisotopic (exact) mass is 603 g/mol. The second kappa shape index (κ2) is 11.3. The Morgan fingerprint density at radius 1 is 0.468 bits per heavy atom. The van der Waals surface area contributed by atoms with E-state index < -0.39 is 0 Å². The minimum absolute atomic E-state index is 0.372. The zero-order valence-electron chi connectivity index (χ0n) is 25.5. The zero-order chi connectivity index (χ0) is 31.2. The van der Waals surface area contributed by atoms with Gasteiger partial charge in [-0.05, 0) is 57.3 Å². The molecule has 47 heavy (non-hydrogen) atoms. The van der Waals surface area contributed by atoms with E-state index in [9.17, 15) is 0 Å². The molecule has 1 atom stereocenters. The van der Waals surface area contributed by atoms with Gasteiger partial charge in [0.05, 0.1) is 0 Å². The molecule has 0 aliphatic carbocycles. The summed E-state index contributed by atoms with van der Waals surface area (Å²) in [5, 5.41) is 8.29. The molecule has 1 aliphatic heterocycles. The van der Waals surface area contributed by atoms with Gasteiger partial charge in [0.15, 0.2) is 5.84 Å². The van der Waals surface area contributed by atoms with E-state index in [2.05, 4.69) is 139 Å². The first-order valence-corrected chi connectivity index (χ1v) is 15.9. The third-order valence-corrected chi connectivity index (χ3v) is 8.94. The van der Waals surface area contributed by atoms with Gasteiger partial charge in [0.25, 0.3) is 0 Å². The number of nitrogens with zero attached hydrogens (tertiary/aromatic N) is 2. The van der Waals surface area contributed by atoms with Crippen LogP contribution < -0.4 is 5.32 Å². The summed E-state index contributed by atoms with van der Waals surface area (Å²) < 4.78 is 6.25. The molecule has 0 spiro atoms. The highest BCUT2D eigenvalue weighted by Crippen LogP contribution is 2.36. The highest BCUT2D eigenvalue weighted by Gasteiger charge is 2.24. The van der Waals surface area contributed by atoms with Crippen molar-refractivity contribution in [3.63, 3.8) is 0 Å². The van der Waals surface area contributed by atoms with E-state index in [1.807, 2.05) is 30.3 Å². The Balaban J connectivity index is 1.16. The number of benzene rings is 7. The lowest BCUT2D eigenvalue weighted by Crippen LogP contribution is -2.33. The van der Waals surface area contributed by atoms with Crippen molar-refractivity contribution in [2.45, 2.75) is 6.17 Å². The minimum atomic E-state index is -0.372. The fourth-order valence-electron chi connectivity index (χ4n) is 6.57. The number of hydrogen-bond donors (Lipinski definition) is 1. The molecule has 0 saturated carbocycles. The molecular weight excluding hydrogens is 574 g/mol. The van der Waals surface area contributed by atoms with Gasteiger partial charge in [0.2, 0.25) is 0 Å². The molecule has 0 radical (unpaired) electrons. The summed E-state index contributed by atoms with van der Waals surface area (Å²) in [4.78, 5) is 10.4. The molecule has 0 amide bonds. The molecule has 9 rings (SSSR count). The fourth-order valence-corrected chi connectivity index (χ4v) is 6.57. The summed E-state index contributed by atoms with van der Waals surface area (Å²) in [6.45, 7) is 0. The number of hydrogen-bond acceptors (Lipinski definition) is 4. The average Bonchev–Trinajstić information content (AvgIpc) is 3.54. The molecule has 0 saturated heterocycles. The van der Waals surface area contributed by atoms with Gasteiger partial charge < -0.3 is 9.73 Å². The van der Waals surface area contributed by atoms with Crippen LogP contribution in [0.4, 0.5) is 0 Å². The van der Waals surface area contributed by atoms with Crippen LogP contribution in [0.25, 0.3) is 55.0 Å². The Hall–Kier alpha value is -6.26. The summed E-state index contributed by atoms with van der Waals surface area (Å²) in [5.41, 5.74) is 9.35. The van der Waals surface area contributed by atoms with Gasteiger partial charge in [-0.1, -0.05) is 140 Å². The van der Waals surface area contributed by atoms with Crippen molar-refractivity contribution in [2.24, 2.45) is 9.98 Å². The highest BCUT2D eigenvalue weighted by molar-refractivity contribution is 6.14. The standard InChI is InChI=1S/C43H29N3O/c1-2-10-28(11-3-1)33-14-8-15-35(27-33)42-44-41(31-23-20-30(21-24-31)34-25-22-29-12-4-5-13-32(29)26-34)45-43(46-42)37-17-9-19-39-40(37)36-16-6-7-18-38(36)47-39/h1-27,43H,(H,44,45,46). The van der Waals surface area contributed by atoms with Gasteiger partial charge in [-0.15, -0.1) is 0 Å². The van der Waals surface area contributed by atoms with Crippen LogP contribution in [0.2, 0.25) is 0 Å². The molecule has 222 valence electrons. The molecule has 4 heteroatoms. The Bertz CT molecular complexity index is 2490. The van der Waals surface area contributed by atoms with Gasteiger partial charge in [0.1, 0.15) is 23.2 Å². The molecular formula is C43H29N3O. The van der Waals surface area contributed by atoms with Crippen molar-refractivity contribution in [1.29, 1.82) is 0 Å². The van der Waals surface area contributed by atoms with E-state index >= 15 is 0 Å². The number of nitrogens with one attached hydrogen (secondary N) is 1. The molecule has 4 nitrogen and oxygen atoms in total. The van der Waals surface area contributed by atoms with Gasteiger partial charge in [0, 0.05) is 27.5 Å². The average molecular weight is 604 g/mol. The maximum absolute atomic E-state index is 6.25. The van der Waals surface area contributed by atoms with Crippen LogP contribution in [-0.4, -0.2) is 11.7 Å². The first-order chi connectivity index (χ1) is 23.3. The summed E-state index contributed by atoms with van der Waals surface area (Å²) in [7, 11) is 0. The Labute approximate surface area is 272 Å². The molecule has 1 unspecified atom stereocenters. The smallest absolute Gasteiger partial charge is 0.159 e. The molecule has 8 aromatic rings. The number of fused-ring (bicyclic) bond motifs is 4. The van der Waals surface area contributed by atoms with Crippen LogP contribution in [0.5, 0.6) is 0 Å². The summed E-state index contributed by atoms with van der Waals surface area (Å²) in [5.74, 6) is 1.46. The van der Waals surface area contributed by atoms with Crippen molar-refractivity contribution >= 4 is 44.4 Å². The van der Waals surface area contributed by atoms with Crippen LogP contribution in [0.15, 0.2) is 178 Å². The van der Waals surface area contributed by atoms with Crippen LogP contribution in [0.3, 0.4) is 0 Å². The summed E-state index contributed by atoms with van der Waals surface area (Å²) in [6, 6.07) is 57.0. The van der Waals surface area contributed by atoms with Gasteiger partial charge >= 0.3 is 0 Å². The zero-order valence-corrected chi connectivity index (χ0v) is 25.5. The van der Waals surface area contributed by atoms with E-state index in [1.165, 1.54) is 16.3 Å². The van der Waals surface area contributed by atoms with Crippen molar-refractivity contribution < 1.29 is 4.42 Å². The number of amidine groups is 2. The highest BCUT2D eigenvalue weighted by atomic mass is 16.3. The first kappa shape index (κ1) is 27.1. The Morgan fingerprint density at radius 3 is 2.00 bits per heavy atom. The van der Waals surface area contributed by atoms with Crippen molar-refractivity contribution in [1.82, 2.24) is 5.32 Å². The third kappa shape index (κ3) is 4.97. The lowest BCUT2D eigenvalue weighted by atomic mass is 9.99. The first-order valence-electron chi connectivity index (χ1n) is 15.9. The molecule has 1 aliphatic rings. The predicted octanol–water partition coefficient (Wildman–Crippen LogP) is 10.6. The van der Waals surface area contributed by atoms with Crippen LogP contribution >= 0.6 is 0 Å². The lowest BCUT2D eigenvalue weighted by Gasteiger charge is -2.24. The van der Waals surface area contributed by atoms with Crippen molar-refractivity contribution in [3.8, 4) is 22.3 Å². The van der Waals surface area contributed by atoms with E-state index in [-0.39, 0.29) is 6.17 Å². The largest absolute Gasteiger partial charge is 0.456 e. The molecule has 2 heterocycles. The lowest BCUT2D eigenvalue weighted by molar-refractivity contribution is 0.662. The van der Waals surface area contributed by atoms with E-state index in [4.69, 9.17) is 14.4 Å². The van der Waals surface area contributed by atoms with Crippen molar-refractivity contribution in [2.75, 3.05) is 0 Å². The van der Waals surface area contributed by atoms with Crippen LogP contribution in [0, 0.1) is 0 Å². The quantitative estimate of drug-likeness (QED) is 0.213. The molecule has 7 aromatic carbocycles. The molecule has 1 N–H and O–H groups in total. The fraction of sp³-hybridized carbons (Fsp3) is 0.0233. The number of rotatable bonds is 5. The number of aliphatic imine (C=N–C) groups is 2. The predicted molar refractivity (Wildman–Crippen MR) is 194 cm³/mol. The van der Waals surface area contributed by atoms with Crippen LogP contribution in [0.1, 0.15) is 22.9 Å². The molecule has 0 bridgehead atoms. The summed E-state index contributed by atoms with van der Waals surface area (Å²) >= 11 is 0. The number of para-hydroxylation sites is 1. The molecule has 0 fully saturated rings. The Morgan fingerprint density at radius 2 is 1.11 bits per heavy atom. The molecule has 1 aromatic heterocycles. The van der Waals surface area contributed by atoms with Crippen LogP contribution in [-0.2, 0) is 0 Å². The van der Waals surface area contributed by atoms with E-state index in [1.54, 1.807) is 0 Å². The number of furan rings is 1. The summed E-state index contributed by atoms with van der Waals surface area (Å²) in [6.07, 6.45) is -0.372. The van der Waals surface area contributed by atoms with E-state index in [0.717, 1.165) is 61.2 Å². The topological polar surface area (TPSA) is 49.9 Å². The maximum Gasteiger partial charge on any atom is 0.159 e. The third-order valence-electron chi connectivity index (χ3n) is 8.94. The minimum Gasteiger partial charge on any atom is -0.456 e. The second-order valence-corrected chi connectivity index (χ2v) is 11.9. The van der Waals surface area contributed by atoms with Gasteiger partial charge in [-0.2, -0.15) is 0 Å². The van der Waals surface area contributed by atoms with Gasteiger partial charge in [-0.3, -0.25) is 0 Å². The SMILES string of the molecule is c1ccc(-c2cccc(C3=NC(c4ccc(-c5ccc6ccccc6c5)cc4)=NC(c4cccc5oc6ccccc6c45)N3)c2)cc1. The maximum atomic E-state index is 6.25. The van der Waals surface area contributed by atoms with Gasteiger partial charge in [-0.25, -0.2) is 9.98 Å².